The van der Waals surface area contributed by atoms with Gasteiger partial charge in [0, 0.05) is 30.4 Å². The van der Waals surface area contributed by atoms with E-state index >= 15 is 0 Å². The maximum atomic E-state index is 13.7. The van der Waals surface area contributed by atoms with Gasteiger partial charge in [0.1, 0.15) is 16.6 Å². The van der Waals surface area contributed by atoms with Crippen LogP contribution in [-0.2, 0) is 14.9 Å². The van der Waals surface area contributed by atoms with Crippen molar-refractivity contribution in [2.75, 3.05) is 16.9 Å². The first kappa shape index (κ1) is 27.0. The van der Waals surface area contributed by atoms with Gasteiger partial charge < -0.3 is 10.6 Å². The molecule has 202 valence electrons. The molecular formula is C25H22Cl2N6O5S. The summed E-state index contributed by atoms with van der Waals surface area (Å²) in [4.78, 5) is 34.4. The molecule has 5 rings (SSSR count). The molecule has 1 unspecified atom stereocenters. The van der Waals surface area contributed by atoms with E-state index in [4.69, 9.17) is 23.2 Å². The highest BCUT2D eigenvalue weighted by Gasteiger charge is 2.38. The molecule has 2 aliphatic rings. The van der Waals surface area contributed by atoms with Crippen molar-refractivity contribution < 1.29 is 22.6 Å². The third-order valence-electron chi connectivity index (χ3n) is 6.22. The van der Waals surface area contributed by atoms with Gasteiger partial charge in [-0.3, -0.25) is 19.1 Å². The summed E-state index contributed by atoms with van der Waals surface area (Å²) in [6.07, 6.45) is 4.83. The second-order valence-electron chi connectivity index (χ2n) is 9.08. The summed E-state index contributed by atoms with van der Waals surface area (Å²) in [5.74, 6) is -0.342. The van der Waals surface area contributed by atoms with Crippen LogP contribution in [0.2, 0.25) is 10.0 Å². The molecule has 1 saturated carbocycles. The van der Waals surface area contributed by atoms with Gasteiger partial charge in [-0.05, 0) is 61.2 Å². The molecule has 1 fully saturated rings. The third-order valence-corrected chi connectivity index (χ3v) is 7.64. The van der Waals surface area contributed by atoms with Crippen molar-refractivity contribution in [3.05, 3.63) is 76.2 Å². The molecule has 0 radical (unpaired) electrons. The Kier molecular flexibility index (Phi) is 7.54. The Morgan fingerprint density at radius 3 is 2.54 bits per heavy atom. The van der Waals surface area contributed by atoms with Gasteiger partial charge in [-0.25, -0.2) is 9.99 Å². The minimum Gasteiger partial charge on any atom is -0.352 e. The van der Waals surface area contributed by atoms with Crippen LogP contribution in [0.1, 0.15) is 35.3 Å². The molecule has 0 bridgehead atoms. The molecule has 3 aromatic rings. The van der Waals surface area contributed by atoms with Gasteiger partial charge >= 0.3 is 0 Å². The number of pyridine rings is 2. The van der Waals surface area contributed by atoms with Crippen molar-refractivity contribution >= 4 is 62.4 Å². The summed E-state index contributed by atoms with van der Waals surface area (Å²) in [5, 5.41) is 11.9. The number of benzene rings is 1. The highest BCUT2D eigenvalue weighted by atomic mass is 35.5. The van der Waals surface area contributed by atoms with Crippen LogP contribution in [0.25, 0.3) is 0 Å². The molecule has 11 nitrogen and oxygen atoms in total. The number of nitrogens with one attached hydrogen (secondary N) is 2. The lowest BCUT2D eigenvalue weighted by atomic mass is 10.1. The molecule has 3 heterocycles. The highest BCUT2D eigenvalue weighted by Crippen LogP contribution is 2.33. The second kappa shape index (κ2) is 10.9. The number of nitrogens with zero attached hydrogens (tertiary/aromatic N) is 4. The largest absolute Gasteiger partial charge is 0.352 e. The molecule has 3 N–H and O–H groups in total. The fourth-order valence-corrected chi connectivity index (χ4v) is 5.14. The Labute approximate surface area is 234 Å². The van der Waals surface area contributed by atoms with E-state index in [0.29, 0.717) is 17.5 Å². The Balaban J connectivity index is 1.48. The summed E-state index contributed by atoms with van der Waals surface area (Å²) < 4.78 is 33.7. The number of hydrazone groups is 1. The Morgan fingerprint density at radius 1 is 1.08 bits per heavy atom. The molecule has 2 aromatic heterocycles. The van der Waals surface area contributed by atoms with Gasteiger partial charge in [-0.1, -0.05) is 23.2 Å². The van der Waals surface area contributed by atoms with Gasteiger partial charge in [-0.15, -0.1) is 0 Å². The summed E-state index contributed by atoms with van der Waals surface area (Å²) in [6, 6.07) is 9.20. The minimum atomic E-state index is -4.64. The summed E-state index contributed by atoms with van der Waals surface area (Å²) in [5.41, 5.74) is 0.425. The molecule has 1 aromatic carbocycles. The van der Waals surface area contributed by atoms with Crippen LogP contribution in [0.15, 0.2) is 64.9 Å². The summed E-state index contributed by atoms with van der Waals surface area (Å²) >= 11 is 12.5. The van der Waals surface area contributed by atoms with E-state index in [1.807, 2.05) is 0 Å². The van der Waals surface area contributed by atoms with E-state index in [9.17, 15) is 22.6 Å². The number of carbonyl (C=O) groups is 2. The number of halogens is 2. The fourth-order valence-electron chi connectivity index (χ4n) is 4.10. The predicted octanol–water partition coefficient (Wildman–Crippen LogP) is 3.79. The molecule has 1 atom stereocenters. The first-order valence-corrected chi connectivity index (χ1v) is 14.1. The lowest BCUT2D eigenvalue weighted by molar-refractivity contribution is -0.117. The van der Waals surface area contributed by atoms with Crippen molar-refractivity contribution in [3.63, 3.8) is 0 Å². The summed E-state index contributed by atoms with van der Waals surface area (Å²) in [6.45, 7) is 0.532. The van der Waals surface area contributed by atoms with Crippen LogP contribution in [0.3, 0.4) is 0 Å². The predicted molar refractivity (Wildman–Crippen MR) is 146 cm³/mol. The van der Waals surface area contributed by atoms with Crippen molar-refractivity contribution in [2.45, 2.75) is 30.2 Å². The second-order valence-corrected chi connectivity index (χ2v) is 11.3. The number of amides is 2. The molecule has 2 amide bonds. The van der Waals surface area contributed by atoms with E-state index in [2.05, 4.69) is 25.7 Å². The van der Waals surface area contributed by atoms with Crippen molar-refractivity contribution in [1.82, 2.24) is 15.3 Å². The highest BCUT2D eigenvalue weighted by molar-refractivity contribution is 7.86. The number of carbonyl (C=O) groups excluding carboxylic acids is 2. The first-order chi connectivity index (χ1) is 18.6. The smallest absolute Gasteiger partial charge is 0.296 e. The molecule has 1 aliphatic carbocycles. The molecule has 0 spiro atoms. The molecular weight excluding hydrogens is 567 g/mol. The topological polar surface area (TPSA) is 154 Å². The van der Waals surface area contributed by atoms with E-state index in [1.54, 1.807) is 18.2 Å². The SMILES string of the molecule is O=C(NCC1CC1)c1cc(Cl)ccc1NC(=O)C1CC(c2ncccc2S(=O)(=O)O)=NN1c1ncccc1Cl. The van der Waals surface area contributed by atoms with Gasteiger partial charge in [0.2, 0.25) is 5.91 Å². The molecule has 0 saturated heterocycles. The number of rotatable bonds is 8. The zero-order chi connectivity index (χ0) is 27.7. The standard InChI is InChI=1S/C25H22Cl2N6O5S/c26-15-7-8-18(16(11-15)24(34)30-13-14-5-6-14)31-25(35)20-12-19(22-21(39(36,37)38)4-2-9-28-22)32-33(20)23-17(27)3-1-10-29-23/h1-4,7-11,14,20H,5-6,12-13H2,(H,30,34)(H,31,35)(H,36,37,38). The van der Waals surface area contributed by atoms with Crippen molar-refractivity contribution in [2.24, 2.45) is 11.0 Å². The van der Waals surface area contributed by atoms with Crippen LogP contribution in [0.4, 0.5) is 11.5 Å². The maximum absolute atomic E-state index is 13.7. The third kappa shape index (κ3) is 6.04. The van der Waals surface area contributed by atoms with Gasteiger partial charge in [-0.2, -0.15) is 13.5 Å². The number of anilines is 2. The van der Waals surface area contributed by atoms with Gasteiger partial charge in [0.15, 0.2) is 5.82 Å². The van der Waals surface area contributed by atoms with Crippen LogP contribution in [-0.4, -0.2) is 53.1 Å². The maximum Gasteiger partial charge on any atom is 0.296 e. The zero-order valence-electron chi connectivity index (χ0n) is 20.2. The van der Waals surface area contributed by atoms with Crippen LogP contribution in [0.5, 0.6) is 0 Å². The number of aromatic nitrogens is 2. The summed E-state index contributed by atoms with van der Waals surface area (Å²) in [7, 11) is -4.64. The van der Waals surface area contributed by atoms with E-state index in [-0.39, 0.29) is 45.8 Å². The average molecular weight is 589 g/mol. The van der Waals surface area contributed by atoms with E-state index in [1.165, 1.54) is 41.7 Å². The van der Waals surface area contributed by atoms with Crippen molar-refractivity contribution in [3.8, 4) is 0 Å². The Bertz CT molecular complexity index is 1600. The molecule has 14 heteroatoms. The zero-order valence-corrected chi connectivity index (χ0v) is 22.5. The van der Waals surface area contributed by atoms with Crippen molar-refractivity contribution in [1.29, 1.82) is 0 Å². The average Bonchev–Trinajstić information content (AvgIpc) is 3.64. The minimum absolute atomic E-state index is 0.102. The van der Waals surface area contributed by atoms with Crippen LogP contribution in [0, 0.1) is 5.92 Å². The van der Waals surface area contributed by atoms with Crippen LogP contribution < -0.4 is 15.6 Å². The molecule has 1 aliphatic heterocycles. The van der Waals surface area contributed by atoms with Gasteiger partial charge in [0.25, 0.3) is 16.0 Å². The van der Waals surface area contributed by atoms with Crippen LogP contribution >= 0.6 is 23.2 Å². The van der Waals surface area contributed by atoms with E-state index < -0.39 is 27.0 Å². The van der Waals surface area contributed by atoms with Gasteiger partial charge in [0.05, 0.1) is 22.0 Å². The fraction of sp³-hybridized carbons (Fsp3) is 0.240. The molecule has 39 heavy (non-hydrogen) atoms. The quantitative estimate of drug-likeness (QED) is 0.336. The number of hydrogen-bond acceptors (Lipinski definition) is 8. The lowest BCUT2D eigenvalue weighted by Gasteiger charge is -2.23. The normalized spacial score (nSPS) is 17.1. The Morgan fingerprint density at radius 2 is 1.82 bits per heavy atom. The first-order valence-electron chi connectivity index (χ1n) is 11.9. The monoisotopic (exact) mass is 588 g/mol. The number of hydrogen-bond donors (Lipinski definition) is 3. The lowest BCUT2D eigenvalue weighted by Crippen LogP contribution is -2.39. The Hall–Kier alpha value is -3.58. The van der Waals surface area contributed by atoms with E-state index in [0.717, 1.165) is 12.8 Å².